The van der Waals surface area contributed by atoms with Gasteiger partial charge in [0.1, 0.15) is 5.00 Å². The molecule has 0 unspecified atom stereocenters. The van der Waals surface area contributed by atoms with Crippen LogP contribution >= 0.6 is 34.4 Å². The van der Waals surface area contributed by atoms with Crippen molar-refractivity contribution in [1.82, 2.24) is 4.90 Å². The van der Waals surface area contributed by atoms with E-state index in [0.717, 1.165) is 16.6 Å². The second-order valence-electron chi connectivity index (χ2n) is 7.07. The molecule has 0 spiro atoms. The maximum absolute atomic E-state index is 5.08. The molecule has 1 aliphatic carbocycles. The van der Waals surface area contributed by atoms with Crippen molar-refractivity contribution in [2.75, 3.05) is 5.75 Å². The van der Waals surface area contributed by atoms with Crippen molar-refractivity contribution in [2.45, 2.75) is 45.6 Å². The Bertz CT molecular complexity index is 871. The van der Waals surface area contributed by atoms with E-state index >= 15 is 0 Å². The number of thiophene rings is 2. The number of aryl methyl sites for hydroxylation is 1. The summed E-state index contributed by atoms with van der Waals surface area (Å²) in [4.78, 5) is 10.2. The van der Waals surface area contributed by atoms with Crippen molar-refractivity contribution in [3.05, 3.63) is 51.6 Å². The largest absolute Gasteiger partial charge is 0.318 e. The fourth-order valence-electron chi connectivity index (χ4n) is 3.64. The first-order valence-electron chi connectivity index (χ1n) is 9.12. The van der Waals surface area contributed by atoms with Crippen LogP contribution in [0, 0.1) is 0 Å². The first-order chi connectivity index (χ1) is 12.6. The fraction of sp³-hybridized carbons (Fsp3) is 0.381. The average Bonchev–Trinajstić information content (AvgIpc) is 3.26. The molecule has 0 atom stereocenters. The van der Waals surface area contributed by atoms with Crippen LogP contribution in [0.15, 0.2) is 35.7 Å². The number of amidine groups is 1. The number of hydrogen-bond acceptors (Lipinski definition) is 5. The van der Waals surface area contributed by atoms with Crippen molar-refractivity contribution in [2.24, 2.45) is 4.99 Å². The van der Waals surface area contributed by atoms with E-state index in [1.165, 1.54) is 57.1 Å². The molecule has 26 heavy (non-hydrogen) atoms. The normalized spacial score (nSPS) is 16.5. The van der Waals surface area contributed by atoms with E-state index in [1.807, 2.05) is 11.3 Å². The van der Waals surface area contributed by atoms with Gasteiger partial charge in [-0.2, -0.15) is 0 Å². The molecule has 136 valence electrons. The zero-order chi connectivity index (χ0) is 18.3. The van der Waals surface area contributed by atoms with E-state index in [0.29, 0.717) is 6.04 Å². The molecule has 3 heterocycles. The predicted octanol–water partition coefficient (Wildman–Crippen LogP) is 6.82. The molecule has 0 N–H and O–H groups in total. The van der Waals surface area contributed by atoms with Gasteiger partial charge in [0.15, 0.2) is 5.17 Å². The van der Waals surface area contributed by atoms with Gasteiger partial charge < -0.3 is 4.90 Å². The third kappa shape index (κ3) is 3.21. The van der Waals surface area contributed by atoms with Crippen LogP contribution in [-0.4, -0.2) is 21.9 Å². The van der Waals surface area contributed by atoms with Gasteiger partial charge in [-0.1, -0.05) is 31.0 Å². The van der Waals surface area contributed by atoms with Crippen LogP contribution in [0.3, 0.4) is 0 Å². The fourth-order valence-corrected chi connectivity index (χ4v) is 6.85. The molecule has 0 fully saturated rings. The Hall–Kier alpha value is -1.30. The quantitative estimate of drug-likeness (QED) is 0.560. The Morgan fingerprint density at radius 1 is 1.35 bits per heavy atom. The third-order valence-corrected chi connectivity index (χ3v) is 8.09. The number of fused-ring (bicyclic) bond motifs is 3. The minimum Gasteiger partial charge on any atom is -0.318 e. The van der Waals surface area contributed by atoms with E-state index in [9.17, 15) is 0 Å². The minimum absolute atomic E-state index is 0.344. The first-order valence-corrected chi connectivity index (χ1v) is 11.8. The SMILES string of the molecule is C=C(CSC1=Nc2sc3c(c2C(=C)N1C(C)C)CCCC3)c1cccs1. The Morgan fingerprint density at radius 3 is 2.88 bits per heavy atom. The van der Waals surface area contributed by atoms with Crippen LogP contribution in [-0.2, 0) is 12.8 Å². The van der Waals surface area contributed by atoms with Crippen LogP contribution in [0.25, 0.3) is 11.3 Å². The molecule has 2 aromatic rings. The number of thioether (sulfide) groups is 1. The van der Waals surface area contributed by atoms with Gasteiger partial charge in [0.05, 0.1) is 0 Å². The highest BCUT2D eigenvalue weighted by Crippen LogP contribution is 2.48. The Labute approximate surface area is 168 Å². The maximum atomic E-state index is 5.08. The molecule has 2 nitrogen and oxygen atoms in total. The predicted molar refractivity (Wildman–Crippen MR) is 120 cm³/mol. The Kier molecular flexibility index (Phi) is 5.13. The number of hydrogen-bond donors (Lipinski definition) is 0. The Morgan fingerprint density at radius 2 is 2.15 bits per heavy atom. The zero-order valence-corrected chi connectivity index (χ0v) is 17.8. The van der Waals surface area contributed by atoms with Gasteiger partial charge in [-0.25, -0.2) is 4.99 Å². The molecule has 0 radical (unpaired) electrons. The molecule has 4 rings (SSSR count). The number of nitrogens with zero attached hydrogens (tertiary/aromatic N) is 2. The molecule has 0 bridgehead atoms. The highest BCUT2D eigenvalue weighted by molar-refractivity contribution is 8.14. The summed E-state index contributed by atoms with van der Waals surface area (Å²) in [6.07, 6.45) is 4.98. The van der Waals surface area contributed by atoms with Crippen molar-refractivity contribution in [3.8, 4) is 0 Å². The van der Waals surface area contributed by atoms with Crippen LogP contribution in [0.2, 0.25) is 0 Å². The van der Waals surface area contributed by atoms with E-state index in [2.05, 4.69) is 49.4 Å². The summed E-state index contributed by atoms with van der Waals surface area (Å²) in [6.45, 7) is 13.2. The minimum atomic E-state index is 0.344. The van der Waals surface area contributed by atoms with Crippen molar-refractivity contribution in [1.29, 1.82) is 0 Å². The van der Waals surface area contributed by atoms with Gasteiger partial charge in [0, 0.05) is 32.8 Å². The summed E-state index contributed by atoms with van der Waals surface area (Å²) in [5.41, 5.74) is 5.13. The summed E-state index contributed by atoms with van der Waals surface area (Å²) in [6, 6.07) is 4.57. The molecule has 0 aromatic carbocycles. The summed E-state index contributed by atoms with van der Waals surface area (Å²) in [7, 11) is 0. The van der Waals surface area contributed by atoms with Crippen LogP contribution in [0.1, 0.15) is 47.6 Å². The topological polar surface area (TPSA) is 15.6 Å². The Balaban J connectivity index is 1.64. The van der Waals surface area contributed by atoms with E-state index in [-0.39, 0.29) is 0 Å². The number of aliphatic imine (C=N–C) groups is 1. The standard InChI is InChI=1S/C21H24N2S3/c1-13(2)23-15(4)19-16-8-5-6-9-18(16)26-20(19)22-21(23)25-12-14(3)17-10-7-11-24-17/h7,10-11,13H,3-6,8-9,12H2,1-2H3. The van der Waals surface area contributed by atoms with Gasteiger partial charge in [-0.05, 0) is 62.1 Å². The van der Waals surface area contributed by atoms with E-state index in [4.69, 9.17) is 4.99 Å². The van der Waals surface area contributed by atoms with Crippen LogP contribution in [0.4, 0.5) is 5.00 Å². The van der Waals surface area contributed by atoms with Gasteiger partial charge in [0.2, 0.25) is 0 Å². The third-order valence-electron chi connectivity index (χ3n) is 4.90. The van der Waals surface area contributed by atoms with Gasteiger partial charge in [0.25, 0.3) is 0 Å². The monoisotopic (exact) mass is 400 g/mol. The molecule has 5 heteroatoms. The highest BCUT2D eigenvalue weighted by Gasteiger charge is 2.32. The lowest BCUT2D eigenvalue weighted by Crippen LogP contribution is -2.35. The van der Waals surface area contributed by atoms with Crippen molar-refractivity contribution < 1.29 is 0 Å². The smallest absolute Gasteiger partial charge is 0.170 e. The first kappa shape index (κ1) is 18.1. The average molecular weight is 401 g/mol. The molecule has 2 aromatic heterocycles. The molecular formula is C21H24N2S3. The lowest BCUT2D eigenvalue weighted by atomic mass is 9.94. The van der Waals surface area contributed by atoms with Crippen LogP contribution in [0.5, 0.6) is 0 Å². The van der Waals surface area contributed by atoms with Crippen molar-refractivity contribution in [3.63, 3.8) is 0 Å². The maximum Gasteiger partial charge on any atom is 0.170 e. The molecular weight excluding hydrogens is 376 g/mol. The van der Waals surface area contributed by atoms with Crippen LogP contribution < -0.4 is 0 Å². The molecule has 0 amide bonds. The zero-order valence-electron chi connectivity index (χ0n) is 15.4. The highest BCUT2D eigenvalue weighted by atomic mass is 32.2. The number of rotatable bonds is 4. The van der Waals surface area contributed by atoms with E-state index in [1.54, 1.807) is 23.1 Å². The summed E-state index contributed by atoms with van der Waals surface area (Å²) in [5.74, 6) is 0.857. The lowest BCUT2D eigenvalue weighted by molar-refractivity contribution is 0.485. The molecule has 0 saturated heterocycles. The summed E-state index contributed by atoms with van der Waals surface area (Å²) < 4.78 is 0. The lowest BCUT2D eigenvalue weighted by Gasteiger charge is -2.34. The van der Waals surface area contributed by atoms with Gasteiger partial charge in [-0.15, -0.1) is 22.7 Å². The summed E-state index contributed by atoms with van der Waals surface area (Å²) in [5, 5.41) is 4.34. The van der Waals surface area contributed by atoms with Crippen molar-refractivity contribution >= 4 is 55.9 Å². The summed E-state index contributed by atoms with van der Waals surface area (Å²) >= 11 is 5.41. The second kappa shape index (κ2) is 7.37. The van der Waals surface area contributed by atoms with E-state index < -0.39 is 0 Å². The molecule has 2 aliphatic rings. The molecule has 0 saturated carbocycles. The molecule has 1 aliphatic heterocycles. The second-order valence-corrected chi connectivity index (χ2v) is 10.0. The van der Waals surface area contributed by atoms with Gasteiger partial charge in [-0.3, -0.25) is 0 Å². The van der Waals surface area contributed by atoms with Gasteiger partial charge >= 0.3 is 0 Å².